The number of carbonyl (C=O) groups is 4. The lowest BCUT2D eigenvalue weighted by atomic mass is 9.98. The molecule has 1 saturated heterocycles. The lowest BCUT2D eigenvalue weighted by molar-refractivity contribution is -0.207. The highest BCUT2D eigenvalue weighted by Gasteiger charge is 2.54. The van der Waals surface area contributed by atoms with Crippen LogP contribution in [0.3, 0.4) is 0 Å². The highest BCUT2D eigenvalue weighted by molar-refractivity contribution is 8.14. The van der Waals surface area contributed by atoms with E-state index in [0.29, 0.717) is 18.7 Å². The van der Waals surface area contributed by atoms with Gasteiger partial charge in [-0.3, -0.25) is 0 Å². The molecule has 0 aromatic heterocycles. The molecule has 0 spiro atoms. The maximum absolute atomic E-state index is 13.7. The van der Waals surface area contributed by atoms with Gasteiger partial charge in [-0.1, -0.05) is 72.8 Å². The summed E-state index contributed by atoms with van der Waals surface area (Å²) in [6.07, 6.45) is -4.70. The SMILES string of the molecule is O=C(OC[C@H]1O[C@@H](SC2=NCCCO2)[C@H](OC(=O)c2ccccc2)[C@@H](OC(=O)c2ccccc2)[C@@H]1OC(=O)c1ccccc1)c1ccccc1. The Bertz CT molecular complexity index is 1790. The van der Waals surface area contributed by atoms with E-state index in [1.807, 2.05) is 0 Å². The van der Waals surface area contributed by atoms with Crippen LogP contribution in [0.25, 0.3) is 0 Å². The van der Waals surface area contributed by atoms with Crippen molar-refractivity contribution in [3.63, 3.8) is 0 Å². The van der Waals surface area contributed by atoms with Gasteiger partial charge in [0, 0.05) is 13.0 Å². The number of esters is 4. The average Bonchev–Trinajstić information content (AvgIpc) is 3.17. The van der Waals surface area contributed by atoms with Crippen molar-refractivity contribution in [3.05, 3.63) is 144 Å². The van der Waals surface area contributed by atoms with Crippen molar-refractivity contribution in [2.24, 2.45) is 4.99 Å². The molecule has 1 fully saturated rings. The average molecular weight is 696 g/mol. The lowest BCUT2D eigenvalue weighted by Crippen LogP contribution is -2.62. The van der Waals surface area contributed by atoms with Crippen molar-refractivity contribution in [2.75, 3.05) is 19.8 Å². The second-order valence-corrected chi connectivity index (χ2v) is 12.2. The number of carbonyl (C=O) groups excluding carboxylic acids is 4. The number of rotatable bonds is 10. The van der Waals surface area contributed by atoms with Gasteiger partial charge in [-0.05, 0) is 60.3 Å². The molecule has 0 unspecified atom stereocenters. The van der Waals surface area contributed by atoms with Gasteiger partial charge in [0.25, 0.3) is 0 Å². The molecular weight excluding hydrogens is 662 g/mol. The van der Waals surface area contributed by atoms with Gasteiger partial charge in [-0.2, -0.15) is 0 Å². The zero-order valence-electron chi connectivity index (χ0n) is 26.7. The molecule has 4 aromatic rings. The Morgan fingerprint density at radius 1 is 0.600 bits per heavy atom. The van der Waals surface area contributed by atoms with Gasteiger partial charge in [0.1, 0.15) is 12.7 Å². The minimum atomic E-state index is -1.45. The van der Waals surface area contributed by atoms with Crippen LogP contribution in [-0.2, 0) is 28.4 Å². The first-order chi connectivity index (χ1) is 24.5. The maximum Gasteiger partial charge on any atom is 0.338 e. The van der Waals surface area contributed by atoms with Crippen LogP contribution in [-0.4, -0.2) is 78.7 Å². The molecule has 6 rings (SSSR count). The fourth-order valence-electron chi connectivity index (χ4n) is 5.23. The fraction of sp³-hybridized carbons (Fsp3) is 0.237. The van der Waals surface area contributed by atoms with Gasteiger partial charge in [-0.25, -0.2) is 24.2 Å². The van der Waals surface area contributed by atoms with Crippen LogP contribution in [0, 0.1) is 0 Å². The van der Waals surface area contributed by atoms with Crippen LogP contribution in [0.4, 0.5) is 0 Å². The Labute approximate surface area is 292 Å². The second kappa shape index (κ2) is 16.8. The zero-order chi connectivity index (χ0) is 34.7. The van der Waals surface area contributed by atoms with Crippen LogP contribution >= 0.6 is 11.8 Å². The van der Waals surface area contributed by atoms with E-state index in [4.69, 9.17) is 28.4 Å². The summed E-state index contributed by atoms with van der Waals surface area (Å²) in [6.45, 7) is 0.504. The monoisotopic (exact) mass is 695 g/mol. The molecule has 0 saturated carbocycles. The van der Waals surface area contributed by atoms with E-state index >= 15 is 0 Å². The smallest absolute Gasteiger partial charge is 0.338 e. The number of hydrogen-bond acceptors (Lipinski definition) is 12. The summed E-state index contributed by atoms with van der Waals surface area (Å²) < 4.78 is 36.1. The lowest BCUT2D eigenvalue weighted by Gasteiger charge is -2.44. The molecular formula is C38H33NO10S. The molecule has 5 atom stereocenters. The first-order valence-corrected chi connectivity index (χ1v) is 16.8. The van der Waals surface area contributed by atoms with E-state index < -0.39 is 60.3 Å². The fourth-order valence-corrected chi connectivity index (χ4v) is 6.29. The molecule has 0 aliphatic carbocycles. The predicted molar refractivity (Wildman–Crippen MR) is 183 cm³/mol. The summed E-state index contributed by atoms with van der Waals surface area (Å²) in [5.41, 5.74) is -0.178. The van der Waals surface area contributed by atoms with Crippen molar-refractivity contribution in [1.29, 1.82) is 0 Å². The molecule has 256 valence electrons. The van der Waals surface area contributed by atoms with E-state index in [2.05, 4.69) is 4.99 Å². The molecule has 12 heteroatoms. The summed E-state index contributed by atoms with van der Waals surface area (Å²) in [5, 5.41) is 0.273. The molecule has 11 nitrogen and oxygen atoms in total. The van der Waals surface area contributed by atoms with E-state index in [1.165, 1.54) is 0 Å². The van der Waals surface area contributed by atoms with Crippen molar-refractivity contribution >= 4 is 40.9 Å². The number of ether oxygens (including phenoxy) is 6. The minimum Gasteiger partial charge on any atom is -0.473 e. The Morgan fingerprint density at radius 2 is 1.04 bits per heavy atom. The van der Waals surface area contributed by atoms with Gasteiger partial charge in [0.15, 0.2) is 23.7 Å². The first kappa shape index (κ1) is 34.4. The number of benzene rings is 4. The van der Waals surface area contributed by atoms with Crippen LogP contribution < -0.4 is 0 Å². The summed E-state index contributed by atoms with van der Waals surface area (Å²) in [5.74, 6) is -2.92. The Kier molecular flexibility index (Phi) is 11.5. The van der Waals surface area contributed by atoms with Gasteiger partial charge < -0.3 is 28.4 Å². The van der Waals surface area contributed by atoms with Crippen LogP contribution in [0.15, 0.2) is 126 Å². The molecule has 2 aliphatic heterocycles. The van der Waals surface area contributed by atoms with Gasteiger partial charge >= 0.3 is 23.9 Å². The van der Waals surface area contributed by atoms with Gasteiger partial charge in [0.2, 0.25) is 5.23 Å². The zero-order valence-corrected chi connectivity index (χ0v) is 27.5. The van der Waals surface area contributed by atoms with E-state index in [0.717, 1.165) is 18.2 Å². The summed E-state index contributed by atoms with van der Waals surface area (Å²) >= 11 is 1.02. The summed E-state index contributed by atoms with van der Waals surface area (Å²) in [7, 11) is 0. The topological polar surface area (TPSA) is 136 Å². The minimum absolute atomic E-state index is 0.205. The van der Waals surface area contributed by atoms with Crippen LogP contribution in [0.5, 0.6) is 0 Å². The number of nitrogens with zero attached hydrogens (tertiary/aromatic N) is 1. The molecule has 2 heterocycles. The van der Waals surface area contributed by atoms with E-state index in [-0.39, 0.29) is 21.9 Å². The third-order valence-electron chi connectivity index (χ3n) is 7.72. The van der Waals surface area contributed by atoms with E-state index in [1.54, 1.807) is 121 Å². The Balaban J connectivity index is 1.40. The molecule has 2 aliphatic rings. The summed E-state index contributed by atoms with van der Waals surface area (Å²) in [6, 6.07) is 33.0. The Hall–Kier alpha value is -5.46. The number of aliphatic imine (C=N–C) groups is 1. The highest BCUT2D eigenvalue weighted by atomic mass is 32.2. The molecule has 0 bridgehead atoms. The van der Waals surface area contributed by atoms with Crippen molar-refractivity contribution in [1.82, 2.24) is 0 Å². The largest absolute Gasteiger partial charge is 0.473 e. The molecule has 0 N–H and O–H groups in total. The second-order valence-electron chi connectivity index (χ2n) is 11.2. The van der Waals surface area contributed by atoms with Crippen molar-refractivity contribution < 1.29 is 47.6 Å². The van der Waals surface area contributed by atoms with Crippen molar-refractivity contribution in [3.8, 4) is 0 Å². The van der Waals surface area contributed by atoms with Gasteiger partial charge in [-0.15, -0.1) is 0 Å². The first-order valence-electron chi connectivity index (χ1n) is 16.0. The molecule has 4 aromatic carbocycles. The van der Waals surface area contributed by atoms with Crippen molar-refractivity contribution in [2.45, 2.75) is 36.3 Å². The normalized spacial score (nSPS) is 21.4. The molecule has 50 heavy (non-hydrogen) atoms. The predicted octanol–water partition coefficient (Wildman–Crippen LogP) is 5.75. The maximum atomic E-state index is 13.7. The Morgan fingerprint density at radius 3 is 1.50 bits per heavy atom. The summed E-state index contributed by atoms with van der Waals surface area (Å²) in [4.78, 5) is 58.4. The van der Waals surface area contributed by atoms with Gasteiger partial charge in [0.05, 0.1) is 28.9 Å². The number of hydrogen-bond donors (Lipinski definition) is 0. The number of thioether (sulfide) groups is 1. The molecule has 0 radical (unpaired) electrons. The van der Waals surface area contributed by atoms with Crippen LogP contribution in [0.2, 0.25) is 0 Å². The third-order valence-corrected chi connectivity index (χ3v) is 8.78. The standard InChI is InChI=1S/C38H33NO10S/c40-33(25-14-5-1-6-15-25)45-24-29-30(47-34(41)26-16-7-2-8-17-26)31(48-35(42)27-18-9-3-10-19-27)32(49-36(43)28-20-11-4-12-21-28)37(46-29)50-38-39-22-13-23-44-38/h1-12,14-21,29-32,37H,13,22-24H2/t29-,30-,31+,32-,37+/m1/s1. The molecule has 0 amide bonds. The quantitative estimate of drug-likeness (QED) is 0.148. The highest BCUT2D eigenvalue weighted by Crippen LogP contribution is 2.36. The van der Waals surface area contributed by atoms with Crippen LogP contribution in [0.1, 0.15) is 47.9 Å². The van der Waals surface area contributed by atoms with E-state index in [9.17, 15) is 19.2 Å². The third kappa shape index (κ3) is 8.76.